The Kier molecular flexibility index (Phi) is 6.10. The third-order valence-electron chi connectivity index (χ3n) is 5.95. The molecule has 4 aromatic carbocycles. The number of aliphatic imine (C=N–C) groups is 1. The Labute approximate surface area is 205 Å². The normalized spacial score (nSPS) is 13.9. The van der Waals surface area contributed by atoms with Crippen LogP contribution in [0.25, 0.3) is 0 Å². The molecule has 34 heavy (non-hydrogen) atoms. The molecule has 166 valence electrons. The van der Waals surface area contributed by atoms with Crippen molar-refractivity contribution in [1.82, 2.24) is 5.32 Å². The molecule has 5 rings (SSSR count). The smallest absolute Gasteiger partial charge is 0.260 e. The zero-order valence-corrected chi connectivity index (χ0v) is 20.4. The van der Waals surface area contributed by atoms with Crippen LogP contribution in [0, 0.1) is 6.92 Å². The topological polar surface area (TPSA) is 41.5 Å². The Bertz CT molecular complexity index is 1340. The van der Waals surface area contributed by atoms with Gasteiger partial charge in [0.2, 0.25) is 0 Å². The minimum atomic E-state index is -2.61. The molecule has 0 spiro atoms. The molecule has 0 atom stereocenters. The lowest BCUT2D eigenvalue weighted by atomic mass is 10.1. The second-order valence-electron chi connectivity index (χ2n) is 8.11. The molecule has 0 aromatic heterocycles. The highest BCUT2D eigenvalue weighted by Gasteiger charge is 2.37. The van der Waals surface area contributed by atoms with Gasteiger partial charge in [-0.25, -0.2) is 4.99 Å². The zero-order valence-electron chi connectivity index (χ0n) is 18.7. The average Bonchev–Trinajstić information content (AvgIpc) is 2.88. The maximum atomic E-state index is 13.9. The predicted molar refractivity (Wildman–Crippen MR) is 149 cm³/mol. The molecule has 0 radical (unpaired) electrons. The maximum Gasteiger partial charge on any atom is 0.260 e. The van der Waals surface area contributed by atoms with Crippen LogP contribution < -0.4 is 21.2 Å². The molecule has 1 aliphatic rings. The summed E-state index contributed by atoms with van der Waals surface area (Å²) in [5, 5.41) is 6.81. The number of amides is 1. The van der Waals surface area contributed by atoms with E-state index < -0.39 is 6.89 Å². The van der Waals surface area contributed by atoms with Gasteiger partial charge in [-0.3, -0.25) is 4.79 Å². The van der Waals surface area contributed by atoms with Crippen molar-refractivity contribution in [3.63, 3.8) is 0 Å². The standard InChI is InChI=1S/C29H23N2OPS/c1-21-17-19-22(20-18-21)27-30-28(32)26(29(34)31-27)33(23-11-5-2-6-12-23,24-13-7-3-8-14-24)25-15-9-4-10-16-25/h2-20H,1H3,(H,30,31,32,34). The van der Waals surface area contributed by atoms with Crippen molar-refractivity contribution >= 4 is 57.0 Å². The Morgan fingerprint density at radius 1 is 0.676 bits per heavy atom. The van der Waals surface area contributed by atoms with Crippen molar-refractivity contribution in [2.45, 2.75) is 6.92 Å². The fraction of sp³-hybridized carbons (Fsp3) is 0.0345. The Hall–Kier alpha value is -3.59. The summed E-state index contributed by atoms with van der Waals surface area (Å²) in [7, 11) is 0. The van der Waals surface area contributed by atoms with E-state index in [1.807, 2.05) is 85.8 Å². The third-order valence-corrected chi connectivity index (χ3v) is 10.7. The Morgan fingerprint density at radius 2 is 1.12 bits per heavy atom. The molecule has 1 heterocycles. The first-order valence-electron chi connectivity index (χ1n) is 11.1. The predicted octanol–water partition coefficient (Wildman–Crippen LogP) is 4.37. The van der Waals surface area contributed by atoms with Crippen molar-refractivity contribution in [2.75, 3.05) is 0 Å². The molecule has 3 nitrogen and oxygen atoms in total. The summed E-state index contributed by atoms with van der Waals surface area (Å²) in [5.41, 5.74) is 1.98. The third kappa shape index (κ3) is 3.86. The average molecular weight is 479 g/mol. The number of carbonyl (C=O) groups is 1. The summed E-state index contributed by atoms with van der Waals surface area (Å²) in [6.07, 6.45) is 0. The lowest BCUT2D eigenvalue weighted by molar-refractivity contribution is -0.113. The number of benzene rings is 4. The minimum Gasteiger partial charge on any atom is -0.306 e. The number of hydrogen-bond donors (Lipinski definition) is 1. The first-order valence-corrected chi connectivity index (χ1v) is 13.3. The van der Waals surface area contributed by atoms with Gasteiger partial charge in [0.25, 0.3) is 5.91 Å². The van der Waals surface area contributed by atoms with Gasteiger partial charge >= 0.3 is 0 Å². The van der Waals surface area contributed by atoms with E-state index in [4.69, 9.17) is 17.2 Å². The molecule has 5 heteroatoms. The van der Waals surface area contributed by atoms with Crippen LogP contribution in [0.1, 0.15) is 11.1 Å². The van der Waals surface area contributed by atoms with Gasteiger partial charge in [0.05, 0.1) is 5.29 Å². The summed E-state index contributed by atoms with van der Waals surface area (Å²) < 4.78 is 0. The largest absolute Gasteiger partial charge is 0.306 e. The van der Waals surface area contributed by atoms with Crippen LogP contribution in [0.5, 0.6) is 0 Å². The highest BCUT2D eigenvalue weighted by atomic mass is 32.1. The van der Waals surface area contributed by atoms with Gasteiger partial charge in [-0.05, 0) is 29.7 Å². The Morgan fingerprint density at radius 3 is 1.53 bits per heavy atom. The van der Waals surface area contributed by atoms with E-state index in [1.54, 1.807) is 0 Å². The lowest BCUT2D eigenvalue weighted by Gasteiger charge is -2.33. The minimum absolute atomic E-state index is 0.194. The number of rotatable bonds is 4. The SMILES string of the molecule is Cc1ccc(C2=NC(=S)C(=P(c3ccccc3)(c3ccccc3)c3ccccc3)C(=O)N2)cc1. The summed E-state index contributed by atoms with van der Waals surface area (Å²) >= 11 is 5.90. The fourth-order valence-corrected chi connectivity index (χ4v) is 9.20. The molecule has 1 amide bonds. The van der Waals surface area contributed by atoms with Gasteiger partial charge in [-0.2, -0.15) is 0 Å². The number of nitrogens with one attached hydrogen (secondary N) is 1. The van der Waals surface area contributed by atoms with Crippen molar-refractivity contribution in [1.29, 1.82) is 0 Å². The number of nitrogens with zero attached hydrogens (tertiary/aromatic N) is 1. The van der Waals surface area contributed by atoms with Crippen molar-refractivity contribution < 1.29 is 4.79 Å². The highest BCUT2D eigenvalue weighted by molar-refractivity contribution is 8.00. The summed E-state index contributed by atoms with van der Waals surface area (Å²) in [5.74, 6) is 0.298. The maximum absolute atomic E-state index is 13.9. The Balaban J connectivity index is 1.87. The van der Waals surface area contributed by atoms with Gasteiger partial charge in [-0.15, -0.1) is 0 Å². The van der Waals surface area contributed by atoms with E-state index in [9.17, 15) is 4.79 Å². The molecular formula is C29H23N2OPS. The van der Waals surface area contributed by atoms with Crippen LogP contribution in [-0.4, -0.2) is 22.0 Å². The molecule has 1 N–H and O–H groups in total. The van der Waals surface area contributed by atoms with Gasteiger partial charge in [0.1, 0.15) is 10.8 Å². The lowest BCUT2D eigenvalue weighted by Crippen LogP contribution is -2.48. The van der Waals surface area contributed by atoms with E-state index >= 15 is 0 Å². The molecule has 0 unspecified atom stereocenters. The first kappa shape index (κ1) is 22.2. The van der Waals surface area contributed by atoms with Crippen LogP contribution in [0.15, 0.2) is 120 Å². The van der Waals surface area contributed by atoms with E-state index in [-0.39, 0.29) is 5.91 Å². The van der Waals surface area contributed by atoms with Gasteiger partial charge < -0.3 is 5.32 Å². The molecule has 0 fully saturated rings. The number of aryl methyl sites for hydroxylation is 1. The molecule has 4 aromatic rings. The number of thiocarbonyl (C=S) groups is 1. The number of amidine groups is 1. The van der Waals surface area contributed by atoms with Crippen molar-refractivity contribution in [3.8, 4) is 0 Å². The van der Waals surface area contributed by atoms with Crippen LogP contribution in [0.3, 0.4) is 0 Å². The van der Waals surface area contributed by atoms with E-state index in [0.29, 0.717) is 16.1 Å². The summed E-state index contributed by atoms with van der Waals surface area (Å²) in [4.78, 5) is 19.0. The van der Waals surface area contributed by atoms with E-state index in [1.165, 1.54) is 0 Å². The van der Waals surface area contributed by atoms with E-state index in [2.05, 4.69) is 41.7 Å². The number of carbonyl (C=O) groups excluding carboxylic acids is 1. The fourth-order valence-electron chi connectivity index (χ4n) is 4.38. The van der Waals surface area contributed by atoms with Crippen LogP contribution in [0.4, 0.5) is 0 Å². The quantitative estimate of drug-likeness (QED) is 0.350. The monoisotopic (exact) mass is 478 g/mol. The molecule has 0 saturated heterocycles. The first-order chi connectivity index (χ1) is 16.6. The second kappa shape index (κ2) is 9.34. The summed E-state index contributed by atoms with van der Waals surface area (Å²) in [6.45, 7) is -0.583. The second-order valence-corrected chi connectivity index (χ2v) is 11.8. The van der Waals surface area contributed by atoms with Crippen LogP contribution in [0.2, 0.25) is 0 Å². The zero-order chi connectivity index (χ0) is 23.5. The number of hydrogen-bond acceptors (Lipinski definition) is 2. The van der Waals surface area contributed by atoms with Gasteiger partial charge in [0.15, 0.2) is 0 Å². The molecular weight excluding hydrogens is 455 g/mol. The molecule has 0 bridgehead atoms. The summed E-state index contributed by atoms with van der Waals surface area (Å²) in [6, 6.07) is 38.5. The van der Waals surface area contributed by atoms with Gasteiger partial charge in [0, 0.05) is 5.56 Å². The van der Waals surface area contributed by atoms with Gasteiger partial charge in [-0.1, -0.05) is 133 Å². The van der Waals surface area contributed by atoms with Crippen molar-refractivity contribution in [2.24, 2.45) is 4.99 Å². The molecule has 0 saturated carbocycles. The van der Waals surface area contributed by atoms with Crippen LogP contribution >= 0.6 is 19.1 Å². The molecule has 0 aliphatic carbocycles. The molecule has 1 aliphatic heterocycles. The van der Waals surface area contributed by atoms with Crippen LogP contribution in [-0.2, 0) is 4.79 Å². The van der Waals surface area contributed by atoms with E-state index in [0.717, 1.165) is 27.0 Å². The van der Waals surface area contributed by atoms with Crippen molar-refractivity contribution in [3.05, 3.63) is 126 Å². The highest BCUT2D eigenvalue weighted by Crippen LogP contribution is 2.47.